The minimum atomic E-state index is 0.236. The number of nitrogens with zero attached hydrogens (tertiary/aromatic N) is 6. The van der Waals surface area contributed by atoms with Crippen LogP contribution in [0.3, 0.4) is 0 Å². The van der Waals surface area contributed by atoms with E-state index in [9.17, 15) is 0 Å². The molecule has 96 valence electrons. The summed E-state index contributed by atoms with van der Waals surface area (Å²) in [6.45, 7) is 0. The normalized spacial score (nSPS) is 12.9. The topological polar surface area (TPSA) is 58.7 Å². The van der Waals surface area contributed by atoms with E-state index in [4.69, 9.17) is 11.1 Å². The van der Waals surface area contributed by atoms with Gasteiger partial charge in [0.1, 0.15) is 63.4 Å². The molecule has 0 unspecified atom stereocenters. The lowest BCUT2D eigenvalue weighted by Crippen LogP contribution is -2.67. The molecule has 0 radical (unpaired) electrons. The molecule has 0 aromatic heterocycles. The van der Waals surface area contributed by atoms with Crippen molar-refractivity contribution in [3.8, 4) is 0 Å². The number of hydrogen-bond acceptors (Lipinski definition) is 0. The molecule has 0 aromatic rings. The lowest BCUT2D eigenvalue weighted by Gasteiger charge is -2.32. The molecule has 0 saturated heterocycles. The smallest absolute Gasteiger partial charge is 0.373 e. The summed E-state index contributed by atoms with van der Waals surface area (Å²) in [7, 11) is 20.5. The molecule has 7 heteroatoms. The van der Waals surface area contributed by atoms with Gasteiger partial charge in [0.15, 0.2) is 0 Å². The maximum absolute atomic E-state index is 6.75. The third kappa shape index (κ3) is 6.92. The van der Waals surface area contributed by atoms with Crippen LogP contribution in [0.4, 0.5) is 0 Å². The number of rotatable bonds is 3. The molecule has 0 spiro atoms. The summed E-state index contributed by atoms with van der Waals surface area (Å²) in [6.07, 6.45) is 0. The second kappa shape index (κ2) is 5.75. The van der Waals surface area contributed by atoms with Gasteiger partial charge in [0.05, 0.1) is 0 Å². The minimum absolute atomic E-state index is 0.236. The molecule has 0 atom stereocenters. The quantitative estimate of drug-likeness (QED) is 0.239. The molecular formula is C9H27N6S+3. The zero-order valence-electron chi connectivity index (χ0n) is 12.1. The second-order valence-corrected chi connectivity index (χ2v) is 9.78. The van der Waals surface area contributed by atoms with Gasteiger partial charge >= 0.3 is 11.5 Å². The molecule has 0 aromatic carbocycles. The predicted octanol–water partition coefficient (Wildman–Crippen LogP) is 1.33. The Balaban J connectivity index is 0. The molecule has 16 heavy (non-hydrogen) atoms. The fourth-order valence-corrected chi connectivity index (χ4v) is 6.61. The van der Waals surface area contributed by atoms with E-state index in [-0.39, 0.29) is 11.5 Å². The SMILES string of the molecule is C[N+](C)(C)[S+]([N+](C)(C)C)[N+](C)(C)C.[N-]=[N+]=[N-]. The maximum Gasteiger partial charge on any atom is 0.556 e. The van der Waals surface area contributed by atoms with Crippen LogP contribution < -0.4 is 0 Å². The summed E-state index contributed by atoms with van der Waals surface area (Å²) in [5, 5.41) is 0. The molecule has 0 aliphatic rings. The van der Waals surface area contributed by atoms with Gasteiger partial charge in [-0.3, -0.25) is 4.91 Å². The fraction of sp³-hybridized carbons (Fsp3) is 1.00. The fourth-order valence-electron chi connectivity index (χ4n) is 2.20. The molecule has 0 bridgehead atoms. The predicted molar refractivity (Wildman–Crippen MR) is 71.5 cm³/mol. The summed E-state index contributed by atoms with van der Waals surface area (Å²) >= 11 is 0.236. The van der Waals surface area contributed by atoms with Gasteiger partial charge < -0.3 is 11.1 Å². The molecule has 0 N–H and O–H groups in total. The van der Waals surface area contributed by atoms with Crippen molar-refractivity contribution in [3.05, 3.63) is 16.0 Å². The van der Waals surface area contributed by atoms with E-state index in [1.807, 2.05) is 0 Å². The molecule has 0 rings (SSSR count). The summed E-state index contributed by atoms with van der Waals surface area (Å²) in [6, 6.07) is 0. The number of hydrogen-bond donors (Lipinski definition) is 0. The van der Waals surface area contributed by atoms with Crippen LogP contribution in [-0.4, -0.2) is 75.1 Å². The number of quaternary nitrogens is 3. The van der Waals surface area contributed by atoms with Gasteiger partial charge in [0.2, 0.25) is 0 Å². The first kappa shape index (κ1) is 17.9. The summed E-state index contributed by atoms with van der Waals surface area (Å²) < 4.78 is 3.02. The van der Waals surface area contributed by atoms with E-state index in [0.29, 0.717) is 0 Å². The molecule has 0 aliphatic heterocycles. The highest BCUT2D eigenvalue weighted by atomic mass is 32.2. The lowest BCUT2D eigenvalue weighted by molar-refractivity contribution is -0.918. The zero-order valence-corrected chi connectivity index (χ0v) is 12.9. The van der Waals surface area contributed by atoms with E-state index in [1.165, 1.54) is 4.91 Å². The first-order valence-corrected chi connectivity index (χ1v) is 6.07. The van der Waals surface area contributed by atoms with Gasteiger partial charge in [-0.05, 0) is 0 Å². The van der Waals surface area contributed by atoms with Crippen LogP contribution in [0.5, 0.6) is 0 Å². The molecule has 0 fully saturated rings. The average Bonchev–Trinajstić information content (AvgIpc) is 1.74. The molecule has 0 saturated carbocycles. The van der Waals surface area contributed by atoms with E-state index in [1.54, 1.807) is 0 Å². The van der Waals surface area contributed by atoms with Crippen LogP contribution >= 0.6 is 0 Å². The molecule has 0 heterocycles. The Bertz CT molecular complexity index is 205. The van der Waals surface area contributed by atoms with Gasteiger partial charge in [-0.25, -0.2) is 0 Å². The average molecular weight is 251 g/mol. The van der Waals surface area contributed by atoms with Gasteiger partial charge in [0.25, 0.3) is 0 Å². The van der Waals surface area contributed by atoms with Crippen molar-refractivity contribution in [2.24, 2.45) is 0 Å². The first-order chi connectivity index (χ1) is 6.78. The van der Waals surface area contributed by atoms with Crippen molar-refractivity contribution in [1.29, 1.82) is 0 Å². The molecular weight excluding hydrogens is 224 g/mol. The Kier molecular flexibility index (Phi) is 6.43. The van der Waals surface area contributed by atoms with Crippen molar-refractivity contribution < 1.29 is 11.7 Å². The third-order valence-electron chi connectivity index (χ3n) is 1.47. The van der Waals surface area contributed by atoms with E-state index < -0.39 is 0 Å². The van der Waals surface area contributed by atoms with E-state index >= 15 is 0 Å². The van der Waals surface area contributed by atoms with Crippen LogP contribution in [0.1, 0.15) is 0 Å². The monoisotopic (exact) mass is 251 g/mol. The molecule has 0 amide bonds. The van der Waals surface area contributed by atoms with Crippen molar-refractivity contribution in [1.82, 2.24) is 0 Å². The van der Waals surface area contributed by atoms with E-state index in [0.717, 1.165) is 11.7 Å². The largest absolute Gasteiger partial charge is 0.556 e. The van der Waals surface area contributed by atoms with Crippen molar-refractivity contribution in [2.45, 2.75) is 0 Å². The zero-order chi connectivity index (χ0) is 13.8. The molecule has 6 nitrogen and oxygen atoms in total. The molecule has 0 aliphatic carbocycles. The van der Waals surface area contributed by atoms with Gasteiger partial charge in [-0.15, -0.1) is 0 Å². The summed E-state index contributed by atoms with van der Waals surface area (Å²) in [5.74, 6) is 0. The standard InChI is InChI=1S/C9H27N3S.N3/c1-10(2,3)13(11(4,5)6)12(7,8)9;1-3-2/h1-9H3;/q+4;-1. The Morgan fingerprint density at radius 3 is 0.750 bits per heavy atom. The van der Waals surface area contributed by atoms with Crippen molar-refractivity contribution in [3.63, 3.8) is 0 Å². The van der Waals surface area contributed by atoms with Crippen molar-refractivity contribution >= 4 is 11.5 Å². The lowest BCUT2D eigenvalue weighted by atomic mass is 11.0. The minimum Gasteiger partial charge on any atom is -0.373 e. The summed E-state index contributed by atoms with van der Waals surface area (Å²) in [4.78, 5) is 1.50. The Morgan fingerprint density at radius 1 is 0.625 bits per heavy atom. The van der Waals surface area contributed by atoms with Crippen LogP contribution in [0, 0.1) is 0 Å². The van der Waals surface area contributed by atoms with Gasteiger partial charge in [-0.2, -0.15) is 0 Å². The highest BCUT2D eigenvalue weighted by Gasteiger charge is 2.62. The highest BCUT2D eigenvalue weighted by Crippen LogP contribution is 2.24. The Labute approximate surface area is 103 Å². The maximum atomic E-state index is 6.75. The van der Waals surface area contributed by atoms with Crippen LogP contribution in [0.15, 0.2) is 0 Å². The van der Waals surface area contributed by atoms with Crippen LogP contribution in [-0.2, 0) is 11.5 Å². The highest BCUT2D eigenvalue weighted by molar-refractivity contribution is 7.80. The van der Waals surface area contributed by atoms with Crippen LogP contribution in [0.2, 0.25) is 0 Å². The first-order valence-electron chi connectivity index (χ1n) is 4.97. The summed E-state index contributed by atoms with van der Waals surface area (Å²) in [5.41, 5.74) is 13.5. The van der Waals surface area contributed by atoms with Crippen LogP contribution in [0.25, 0.3) is 16.0 Å². The van der Waals surface area contributed by atoms with Crippen molar-refractivity contribution in [2.75, 3.05) is 63.4 Å². The Morgan fingerprint density at radius 2 is 0.750 bits per heavy atom. The third-order valence-corrected chi connectivity index (χ3v) is 4.41. The second-order valence-electron chi connectivity index (χ2n) is 6.00. The Hall–Kier alpha value is -0.460. The van der Waals surface area contributed by atoms with Gasteiger partial charge in [-0.1, -0.05) is 11.7 Å². The van der Waals surface area contributed by atoms with E-state index in [2.05, 4.69) is 63.4 Å². The van der Waals surface area contributed by atoms with Gasteiger partial charge in [0, 0.05) is 0 Å².